The fourth-order valence-corrected chi connectivity index (χ4v) is 4.60. The Bertz CT molecular complexity index is 707. The number of hydrogen-bond donors (Lipinski definition) is 2. The van der Waals surface area contributed by atoms with Crippen molar-refractivity contribution in [3.05, 3.63) is 29.8 Å². The van der Waals surface area contributed by atoms with E-state index >= 15 is 0 Å². The van der Waals surface area contributed by atoms with Crippen LogP contribution in [0.3, 0.4) is 0 Å². The van der Waals surface area contributed by atoms with Crippen LogP contribution < -0.4 is 0 Å². The van der Waals surface area contributed by atoms with Crippen molar-refractivity contribution in [1.82, 2.24) is 0 Å². The quantitative estimate of drug-likeness (QED) is 0.529. The Balaban J connectivity index is 1.57. The lowest BCUT2D eigenvalue weighted by atomic mass is 9.82. The van der Waals surface area contributed by atoms with Gasteiger partial charge in [-0.05, 0) is 38.1 Å². The van der Waals surface area contributed by atoms with Gasteiger partial charge in [0, 0.05) is 25.6 Å². The Labute approximate surface area is 163 Å². The van der Waals surface area contributed by atoms with Crippen molar-refractivity contribution in [3.63, 3.8) is 0 Å². The molecular formula is C20H26O8. The lowest BCUT2D eigenvalue weighted by Gasteiger charge is -2.42. The van der Waals surface area contributed by atoms with Crippen LogP contribution in [0.1, 0.15) is 30.6 Å². The zero-order valence-corrected chi connectivity index (χ0v) is 15.9. The number of carbonyl (C=O) groups excluding carboxylic acids is 1. The molecule has 2 aliphatic heterocycles. The van der Waals surface area contributed by atoms with Gasteiger partial charge in [-0.25, -0.2) is 4.79 Å². The first kappa shape index (κ1) is 19.6. The van der Waals surface area contributed by atoms with Gasteiger partial charge in [-0.15, -0.1) is 0 Å². The number of aromatic hydroxyl groups is 1. The van der Waals surface area contributed by atoms with Crippen LogP contribution in [0, 0.1) is 11.8 Å². The van der Waals surface area contributed by atoms with E-state index in [0.717, 1.165) is 0 Å². The molecule has 7 atom stereocenters. The summed E-state index contributed by atoms with van der Waals surface area (Å²) in [5.41, 5.74) is -0.479. The number of esters is 1. The molecule has 1 aromatic rings. The van der Waals surface area contributed by atoms with E-state index in [0.29, 0.717) is 25.2 Å². The van der Waals surface area contributed by atoms with Crippen molar-refractivity contribution in [1.29, 1.82) is 0 Å². The van der Waals surface area contributed by atoms with E-state index in [-0.39, 0.29) is 24.2 Å². The zero-order valence-electron chi connectivity index (χ0n) is 15.9. The molecule has 4 rings (SSSR count). The maximum Gasteiger partial charge on any atom is 0.338 e. The average molecular weight is 394 g/mol. The third kappa shape index (κ3) is 3.19. The molecule has 1 saturated carbocycles. The summed E-state index contributed by atoms with van der Waals surface area (Å²) in [5, 5.41) is 19.4. The monoisotopic (exact) mass is 394 g/mol. The van der Waals surface area contributed by atoms with Crippen LogP contribution in [0.4, 0.5) is 0 Å². The zero-order chi connectivity index (χ0) is 19.9. The van der Waals surface area contributed by atoms with Crippen LogP contribution in [-0.4, -0.2) is 66.4 Å². The molecule has 0 radical (unpaired) electrons. The van der Waals surface area contributed by atoms with Gasteiger partial charge < -0.3 is 33.9 Å². The second kappa shape index (κ2) is 7.61. The molecule has 2 saturated heterocycles. The lowest BCUT2D eigenvalue weighted by molar-refractivity contribution is -0.309. The Hall–Kier alpha value is -1.71. The standard InChI is InChI=1S/C20H26O8/c1-3-24-14-9-13-15(19(26-14)25-4-2)20(10-21)17(28-20)16(13)27-18(23)11-5-7-12(22)8-6-11/h5-8,13-17,19,21-22H,3-4,9-10H2,1-2H3. The van der Waals surface area contributed by atoms with Crippen LogP contribution in [0.2, 0.25) is 0 Å². The Morgan fingerprint density at radius 3 is 2.57 bits per heavy atom. The molecule has 0 amide bonds. The third-order valence-electron chi connectivity index (χ3n) is 5.84. The van der Waals surface area contributed by atoms with Crippen molar-refractivity contribution in [2.24, 2.45) is 11.8 Å². The second-order valence-electron chi connectivity index (χ2n) is 7.34. The summed E-state index contributed by atoms with van der Waals surface area (Å²) >= 11 is 0. The van der Waals surface area contributed by atoms with Crippen LogP contribution in [0.5, 0.6) is 5.75 Å². The Kier molecular flexibility index (Phi) is 5.32. The molecule has 28 heavy (non-hydrogen) atoms. The minimum atomic E-state index is -0.818. The molecule has 8 nitrogen and oxygen atoms in total. The maximum atomic E-state index is 12.6. The van der Waals surface area contributed by atoms with Crippen LogP contribution in [-0.2, 0) is 23.7 Å². The fourth-order valence-electron chi connectivity index (χ4n) is 4.60. The first-order chi connectivity index (χ1) is 13.5. The van der Waals surface area contributed by atoms with Gasteiger partial charge in [0.25, 0.3) is 0 Å². The molecule has 0 spiro atoms. The van der Waals surface area contributed by atoms with Crippen molar-refractivity contribution < 1.29 is 38.7 Å². The van der Waals surface area contributed by atoms with Crippen LogP contribution in [0.15, 0.2) is 24.3 Å². The number of epoxide rings is 1. The molecule has 7 unspecified atom stereocenters. The van der Waals surface area contributed by atoms with Gasteiger partial charge in [-0.2, -0.15) is 0 Å². The van der Waals surface area contributed by atoms with Crippen LogP contribution >= 0.6 is 0 Å². The smallest absolute Gasteiger partial charge is 0.338 e. The minimum Gasteiger partial charge on any atom is -0.508 e. The molecule has 1 aliphatic carbocycles. The van der Waals surface area contributed by atoms with E-state index in [1.54, 1.807) is 0 Å². The largest absolute Gasteiger partial charge is 0.508 e. The predicted molar refractivity (Wildman–Crippen MR) is 95.5 cm³/mol. The number of benzene rings is 1. The van der Waals surface area contributed by atoms with Gasteiger partial charge in [0.15, 0.2) is 12.6 Å². The number of phenols is 1. The number of carbonyl (C=O) groups is 1. The third-order valence-corrected chi connectivity index (χ3v) is 5.84. The van der Waals surface area contributed by atoms with Gasteiger partial charge in [0.1, 0.15) is 23.6 Å². The lowest BCUT2D eigenvalue weighted by Crippen LogP contribution is -2.50. The van der Waals surface area contributed by atoms with Crippen molar-refractivity contribution in [3.8, 4) is 5.75 Å². The summed E-state index contributed by atoms with van der Waals surface area (Å²) < 4.78 is 29.0. The number of ether oxygens (including phenoxy) is 5. The highest BCUT2D eigenvalue weighted by molar-refractivity contribution is 5.89. The highest BCUT2D eigenvalue weighted by Gasteiger charge is 2.77. The Morgan fingerprint density at radius 2 is 1.93 bits per heavy atom. The summed E-state index contributed by atoms with van der Waals surface area (Å²) in [6.45, 7) is 4.49. The molecule has 0 bridgehead atoms. The highest BCUT2D eigenvalue weighted by Crippen LogP contribution is 2.61. The minimum absolute atomic E-state index is 0.0749. The molecule has 3 aliphatic rings. The summed E-state index contributed by atoms with van der Waals surface area (Å²) in [6.07, 6.45) is -1.48. The number of rotatable bonds is 7. The first-order valence-corrected chi connectivity index (χ1v) is 9.71. The molecule has 2 heterocycles. The van der Waals surface area contributed by atoms with Gasteiger partial charge in [0.2, 0.25) is 0 Å². The number of hydrogen-bond acceptors (Lipinski definition) is 8. The summed E-state index contributed by atoms with van der Waals surface area (Å²) in [6, 6.07) is 5.88. The summed E-state index contributed by atoms with van der Waals surface area (Å²) in [4.78, 5) is 12.6. The average Bonchev–Trinajstić information content (AvgIpc) is 3.36. The molecule has 8 heteroatoms. The van der Waals surface area contributed by atoms with Gasteiger partial charge in [-0.3, -0.25) is 0 Å². The van der Waals surface area contributed by atoms with E-state index in [4.69, 9.17) is 23.7 Å². The number of aliphatic hydroxyl groups is 1. The molecular weight excluding hydrogens is 368 g/mol. The summed E-state index contributed by atoms with van der Waals surface area (Å²) in [5.74, 6) is -0.795. The van der Waals surface area contributed by atoms with Gasteiger partial charge in [0.05, 0.1) is 18.1 Å². The molecule has 154 valence electrons. The molecule has 3 fully saturated rings. The second-order valence-corrected chi connectivity index (χ2v) is 7.34. The molecule has 1 aromatic carbocycles. The van der Waals surface area contributed by atoms with Gasteiger partial charge in [-0.1, -0.05) is 0 Å². The summed E-state index contributed by atoms with van der Waals surface area (Å²) in [7, 11) is 0. The van der Waals surface area contributed by atoms with Crippen molar-refractivity contribution in [2.45, 2.75) is 50.7 Å². The normalized spacial score (nSPS) is 38.5. The fraction of sp³-hybridized carbons (Fsp3) is 0.650. The van der Waals surface area contributed by atoms with E-state index in [1.807, 2.05) is 13.8 Å². The number of phenolic OH excluding ortho intramolecular Hbond substituents is 1. The maximum absolute atomic E-state index is 12.6. The van der Waals surface area contributed by atoms with E-state index < -0.39 is 36.4 Å². The molecule has 0 aromatic heterocycles. The topological polar surface area (TPSA) is 107 Å². The SMILES string of the molecule is CCOC1CC2C(OC(=O)c3ccc(O)cc3)C3OC3(CO)C2C(OCC)O1. The molecule has 2 N–H and O–H groups in total. The Morgan fingerprint density at radius 1 is 1.21 bits per heavy atom. The number of fused-ring (bicyclic) bond motifs is 3. The predicted octanol–water partition coefficient (Wildman–Crippen LogP) is 1.44. The van der Waals surface area contributed by atoms with Gasteiger partial charge >= 0.3 is 5.97 Å². The highest BCUT2D eigenvalue weighted by atomic mass is 16.8. The number of aliphatic hydroxyl groups excluding tert-OH is 1. The van der Waals surface area contributed by atoms with E-state index in [1.165, 1.54) is 24.3 Å². The van der Waals surface area contributed by atoms with Crippen molar-refractivity contribution in [2.75, 3.05) is 19.8 Å². The van der Waals surface area contributed by atoms with Crippen molar-refractivity contribution >= 4 is 5.97 Å². The van der Waals surface area contributed by atoms with E-state index in [9.17, 15) is 15.0 Å². The first-order valence-electron chi connectivity index (χ1n) is 9.71. The van der Waals surface area contributed by atoms with E-state index in [2.05, 4.69) is 0 Å². The van der Waals surface area contributed by atoms with Crippen LogP contribution in [0.25, 0.3) is 0 Å².